The third-order valence-corrected chi connectivity index (χ3v) is 4.15. The van der Waals surface area contributed by atoms with Crippen molar-refractivity contribution in [3.63, 3.8) is 0 Å². The second-order valence-electron chi connectivity index (χ2n) is 5.11. The average molecular weight is 348 g/mol. The number of tetrazole rings is 1. The van der Waals surface area contributed by atoms with Crippen molar-refractivity contribution in [2.75, 3.05) is 0 Å². The Kier molecular flexibility index (Phi) is 4.91. The van der Waals surface area contributed by atoms with Crippen LogP contribution >= 0.6 is 23.2 Å². The maximum atomic E-state index is 6.39. The molecule has 7 heteroatoms. The van der Waals surface area contributed by atoms with Crippen LogP contribution in [0.1, 0.15) is 23.0 Å². The second-order valence-corrected chi connectivity index (χ2v) is 5.95. The van der Waals surface area contributed by atoms with Gasteiger partial charge in [0.05, 0.1) is 12.6 Å². The third kappa shape index (κ3) is 3.69. The lowest BCUT2D eigenvalue weighted by molar-refractivity contribution is 0.562. The van der Waals surface area contributed by atoms with Crippen LogP contribution in [0.3, 0.4) is 0 Å². The standard InChI is InChI=1S/C16H15Cl2N5/c1-23-15(20-21-22-23)10-19-16(11-5-3-2-4-6-11)13-9-12(17)7-8-14(13)18/h2-9,16,19H,10H2,1H3/t16-/m1/s1. The van der Waals surface area contributed by atoms with Crippen molar-refractivity contribution >= 4 is 23.2 Å². The molecule has 0 amide bonds. The molecule has 0 aliphatic carbocycles. The Balaban J connectivity index is 1.94. The number of rotatable bonds is 5. The molecule has 2 aromatic carbocycles. The van der Waals surface area contributed by atoms with Crippen molar-refractivity contribution in [2.45, 2.75) is 12.6 Å². The summed E-state index contributed by atoms with van der Waals surface area (Å²) in [6.07, 6.45) is 0. The van der Waals surface area contributed by atoms with Crippen LogP contribution in [-0.2, 0) is 13.6 Å². The number of benzene rings is 2. The highest BCUT2D eigenvalue weighted by Crippen LogP contribution is 2.30. The summed E-state index contributed by atoms with van der Waals surface area (Å²) >= 11 is 12.5. The molecule has 23 heavy (non-hydrogen) atoms. The summed E-state index contributed by atoms with van der Waals surface area (Å²) in [5, 5.41) is 16.3. The number of nitrogens with one attached hydrogen (secondary N) is 1. The van der Waals surface area contributed by atoms with Gasteiger partial charge in [0.25, 0.3) is 0 Å². The van der Waals surface area contributed by atoms with Crippen LogP contribution in [0.5, 0.6) is 0 Å². The summed E-state index contributed by atoms with van der Waals surface area (Å²) < 4.78 is 1.63. The average Bonchev–Trinajstić information content (AvgIpc) is 2.97. The number of hydrogen-bond acceptors (Lipinski definition) is 4. The second kappa shape index (κ2) is 7.08. The van der Waals surface area contributed by atoms with Gasteiger partial charge in [0.2, 0.25) is 0 Å². The highest BCUT2D eigenvalue weighted by molar-refractivity contribution is 6.33. The number of nitrogens with zero attached hydrogens (tertiary/aromatic N) is 4. The van der Waals surface area contributed by atoms with Crippen LogP contribution in [0.4, 0.5) is 0 Å². The predicted molar refractivity (Wildman–Crippen MR) is 90.4 cm³/mol. The van der Waals surface area contributed by atoms with Crippen LogP contribution in [-0.4, -0.2) is 20.2 Å². The predicted octanol–water partition coefficient (Wildman–Crippen LogP) is 3.40. The molecule has 0 unspecified atom stereocenters. The van der Waals surface area contributed by atoms with Crippen molar-refractivity contribution in [2.24, 2.45) is 7.05 Å². The minimum atomic E-state index is -0.112. The molecule has 1 heterocycles. The molecule has 0 aliphatic rings. The third-order valence-electron chi connectivity index (χ3n) is 3.57. The van der Waals surface area contributed by atoms with E-state index in [1.807, 2.05) is 36.4 Å². The first-order valence-electron chi connectivity index (χ1n) is 7.09. The van der Waals surface area contributed by atoms with Crippen molar-refractivity contribution in [1.29, 1.82) is 0 Å². The van der Waals surface area contributed by atoms with E-state index in [-0.39, 0.29) is 6.04 Å². The van der Waals surface area contributed by atoms with E-state index in [2.05, 4.69) is 20.8 Å². The quantitative estimate of drug-likeness (QED) is 0.768. The smallest absolute Gasteiger partial charge is 0.164 e. The van der Waals surface area contributed by atoms with Gasteiger partial charge in [-0.3, -0.25) is 5.32 Å². The molecule has 0 aliphatic heterocycles. The Morgan fingerprint density at radius 2 is 1.91 bits per heavy atom. The number of hydrogen-bond donors (Lipinski definition) is 1. The van der Waals surface area contributed by atoms with E-state index < -0.39 is 0 Å². The zero-order valence-corrected chi connectivity index (χ0v) is 14.0. The van der Waals surface area contributed by atoms with Gasteiger partial charge in [-0.25, -0.2) is 4.68 Å². The van der Waals surface area contributed by atoms with Crippen LogP contribution in [0.25, 0.3) is 0 Å². The topological polar surface area (TPSA) is 55.6 Å². The molecule has 0 radical (unpaired) electrons. The van der Waals surface area contributed by atoms with Crippen LogP contribution in [0.15, 0.2) is 48.5 Å². The van der Waals surface area contributed by atoms with E-state index in [1.165, 1.54) is 0 Å². The van der Waals surface area contributed by atoms with Gasteiger partial charge < -0.3 is 0 Å². The van der Waals surface area contributed by atoms with Crippen molar-refractivity contribution in [3.8, 4) is 0 Å². The molecular formula is C16H15Cl2N5. The fraction of sp³-hybridized carbons (Fsp3) is 0.188. The molecule has 0 bridgehead atoms. The lowest BCUT2D eigenvalue weighted by Crippen LogP contribution is -2.24. The Bertz CT molecular complexity index is 788. The summed E-state index contributed by atoms with van der Waals surface area (Å²) in [6, 6.07) is 15.4. The van der Waals surface area contributed by atoms with Gasteiger partial charge in [-0.15, -0.1) is 5.10 Å². The zero-order valence-electron chi connectivity index (χ0n) is 12.4. The van der Waals surface area contributed by atoms with Crippen LogP contribution < -0.4 is 5.32 Å². The zero-order chi connectivity index (χ0) is 16.2. The van der Waals surface area contributed by atoms with Crippen LogP contribution in [0, 0.1) is 0 Å². The molecule has 0 saturated carbocycles. The van der Waals surface area contributed by atoms with E-state index in [1.54, 1.807) is 23.9 Å². The monoisotopic (exact) mass is 347 g/mol. The van der Waals surface area contributed by atoms with Crippen molar-refractivity contribution < 1.29 is 0 Å². The number of aromatic nitrogens is 4. The maximum absolute atomic E-state index is 6.39. The molecule has 1 aromatic heterocycles. The van der Waals surface area contributed by atoms with Gasteiger partial charge in [0.15, 0.2) is 5.82 Å². The summed E-state index contributed by atoms with van der Waals surface area (Å²) in [5.74, 6) is 0.740. The molecule has 5 nitrogen and oxygen atoms in total. The van der Waals surface area contributed by atoms with Crippen molar-refractivity contribution in [1.82, 2.24) is 25.5 Å². The first kappa shape index (κ1) is 15.9. The fourth-order valence-corrected chi connectivity index (χ4v) is 2.79. The summed E-state index contributed by atoms with van der Waals surface area (Å²) in [7, 11) is 1.81. The van der Waals surface area contributed by atoms with E-state index >= 15 is 0 Å². The highest BCUT2D eigenvalue weighted by Gasteiger charge is 2.18. The lowest BCUT2D eigenvalue weighted by atomic mass is 9.98. The number of halogens is 2. The van der Waals surface area contributed by atoms with Gasteiger partial charge in [-0.1, -0.05) is 53.5 Å². The molecule has 0 fully saturated rings. The van der Waals surface area contributed by atoms with E-state index in [9.17, 15) is 0 Å². The van der Waals surface area contributed by atoms with Crippen molar-refractivity contribution in [3.05, 3.63) is 75.5 Å². The molecule has 3 aromatic rings. The minimum absolute atomic E-state index is 0.112. The first-order chi connectivity index (χ1) is 11.1. The summed E-state index contributed by atoms with van der Waals surface area (Å²) in [5.41, 5.74) is 2.01. The van der Waals surface area contributed by atoms with Gasteiger partial charge in [-0.2, -0.15) is 0 Å². The lowest BCUT2D eigenvalue weighted by Gasteiger charge is -2.21. The maximum Gasteiger partial charge on any atom is 0.164 e. The molecule has 118 valence electrons. The van der Waals surface area contributed by atoms with E-state index in [4.69, 9.17) is 23.2 Å². The summed E-state index contributed by atoms with van der Waals surface area (Å²) in [4.78, 5) is 0. The van der Waals surface area contributed by atoms with Gasteiger partial charge in [-0.05, 0) is 39.8 Å². The van der Waals surface area contributed by atoms with Crippen LogP contribution in [0.2, 0.25) is 10.0 Å². The molecule has 0 spiro atoms. The Labute approximate surface area is 144 Å². The van der Waals surface area contributed by atoms with E-state index in [0.29, 0.717) is 16.6 Å². The Morgan fingerprint density at radius 3 is 2.61 bits per heavy atom. The minimum Gasteiger partial charge on any atom is -0.299 e. The Hall–Kier alpha value is -1.95. The molecular weight excluding hydrogens is 333 g/mol. The van der Waals surface area contributed by atoms with Gasteiger partial charge in [0.1, 0.15) is 0 Å². The molecule has 1 N–H and O–H groups in total. The van der Waals surface area contributed by atoms with Gasteiger partial charge in [0, 0.05) is 17.1 Å². The SMILES string of the molecule is Cn1nnnc1CN[C@H](c1ccccc1)c1cc(Cl)ccc1Cl. The molecule has 3 rings (SSSR count). The fourth-order valence-electron chi connectivity index (χ4n) is 2.38. The largest absolute Gasteiger partial charge is 0.299 e. The molecule has 1 atom stereocenters. The van der Waals surface area contributed by atoms with Gasteiger partial charge >= 0.3 is 0 Å². The normalized spacial score (nSPS) is 12.3. The van der Waals surface area contributed by atoms with E-state index in [0.717, 1.165) is 17.0 Å². The highest BCUT2D eigenvalue weighted by atomic mass is 35.5. The number of aryl methyl sites for hydroxylation is 1. The first-order valence-corrected chi connectivity index (χ1v) is 7.85. The summed E-state index contributed by atoms with van der Waals surface area (Å²) in [6.45, 7) is 0.506. The Morgan fingerprint density at radius 1 is 1.13 bits per heavy atom. The molecule has 0 saturated heterocycles.